The maximum absolute atomic E-state index is 13.8. The van der Waals surface area contributed by atoms with Crippen LogP contribution in [-0.2, 0) is 4.74 Å². The van der Waals surface area contributed by atoms with Crippen molar-refractivity contribution in [1.29, 1.82) is 0 Å². The molecule has 0 saturated heterocycles. The largest absolute Gasteiger partial charge is 0.462 e. The molecular weight excluding hydrogens is 297 g/mol. The predicted octanol–water partition coefficient (Wildman–Crippen LogP) is 4.03. The number of halogens is 2. The first kappa shape index (κ1) is 15.1. The van der Waals surface area contributed by atoms with Crippen LogP contribution in [0.5, 0.6) is 11.5 Å². The van der Waals surface area contributed by atoms with Crippen molar-refractivity contribution in [3.8, 4) is 11.5 Å². The van der Waals surface area contributed by atoms with Crippen molar-refractivity contribution >= 4 is 23.3 Å². The lowest BCUT2D eigenvalue weighted by molar-refractivity contribution is 0.0526. The minimum absolute atomic E-state index is 0.0434. The minimum Gasteiger partial charge on any atom is -0.462 e. The third-order valence-electron chi connectivity index (χ3n) is 2.66. The van der Waals surface area contributed by atoms with Gasteiger partial charge in [0.1, 0.15) is 0 Å². The van der Waals surface area contributed by atoms with Crippen LogP contribution >= 0.6 is 11.6 Å². The Kier molecular flexibility index (Phi) is 4.65. The van der Waals surface area contributed by atoms with Crippen molar-refractivity contribution in [2.24, 2.45) is 0 Å². The predicted molar refractivity (Wildman–Crippen MR) is 78.3 cm³/mol. The van der Waals surface area contributed by atoms with E-state index in [4.69, 9.17) is 26.8 Å². The van der Waals surface area contributed by atoms with Crippen molar-refractivity contribution in [1.82, 2.24) is 0 Å². The Balaban J connectivity index is 2.25. The molecule has 0 aliphatic rings. The van der Waals surface area contributed by atoms with E-state index in [1.165, 1.54) is 30.3 Å². The van der Waals surface area contributed by atoms with E-state index in [1.807, 2.05) is 0 Å². The highest BCUT2D eigenvalue weighted by molar-refractivity contribution is 6.30. The molecule has 0 spiro atoms. The van der Waals surface area contributed by atoms with Gasteiger partial charge >= 0.3 is 5.97 Å². The number of hydrogen-bond donors (Lipinski definition) is 1. The summed E-state index contributed by atoms with van der Waals surface area (Å²) in [4.78, 5) is 11.6. The molecule has 0 aromatic heterocycles. The molecule has 0 amide bonds. The molecule has 0 atom stereocenters. The lowest BCUT2D eigenvalue weighted by atomic mass is 10.2. The summed E-state index contributed by atoms with van der Waals surface area (Å²) in [5, 5.41) is -0.0470. The summed E-state index contributed by atoms with van der Waals surface area (Å²) in [7, 11) is 0. The van der Waals surface area contributed by atoms with Crippen LogP contribution in [0.25, 0.3) is 0 Å². The number of nitrogen functional groups attached to an aromatic ring is 1. The molecule has 0 radical (unpaired) electrons. The maximum atomic E-state index is 13.8. The van der Waals surface area contributed by atoms with E-state index < -0.39 is 11.8 Å². The summed E-state index contributed by atoms with van der Waals surface area (Å²) in [6, 6.07) is 8.78. The Morgan fingerprint density at radius 1 is 1.29 bits per heavy atom. The van der Waals surface area contributed by atoms with Crippen molar-refractivity contribution in [3.05, 3.63) is 52.8 Å². The van der Waals surface area contributed by atoms with Gasteiger partial charge in [-0.3, -0.25) is 0 Å². The molecule has 21 heavy (non-hydrogen) atoms. The normalized spacial score (nSPS) is 10.2. The summed E-state index contributed by atoms with van der Waals surface area (Å²) in [5.74, 6) is -0.972. The van der Waals surface area contributed by atoms with Crippen LogP contribution in [0.4, 0.5) is 10.1 Å². The molecule has 0 bridgehead atoms. The van der Waals surface area contributed by atoms with Gasteiger partial charge in [0.05, 0.1) is 22.9 Å². The standard InChI is InChI=1S/C15H13ClFNO3/c1-2-20-15(19)9-6-7-12(11(18)8-9)21-13-5-3-4-10(16)14(13)17/h3-8H,2,18H2,1H3. The van der Waals surface area contributed by atoms with Crippen LogP contribution in [0.2, 0.25) is 5.02 Å². The Labute approximate surface area is 126 Å². The van der Waals surface area contributed by atoms with Crippen LogP contribution in [0.15, 0.2) is 36.4 Å². The van der Waals surface area contributed by atoms with Crippen molar-refractivity contribution < 1.29 is 18.7 Å². The molecule has 0 aliphatic heterocycles. The fourth-order valence-corrected chi connectivity index (χ4v) is 1.83. The third-order valence-corrected chi connectivity index (χ3v) is 2.95. The van der Waals surface area contributed by atoms with Crippen molar-refractivity contribution in [3.63, 3.8) is 0 Å². The zero-order valence-electron chi connectivity index (χ0n) is 11.2. The highest BCUT2D eigenvalue weighted by atomic mass is 35.5. The first-order valence-electron chi connectivity index (χ1n) is 6.21. The highest BCUT2D eigenvalue weighted by Crippen LogP contribution is 2.32. The summed E-state index contributed by atoms with van der Waals surface area (Å²) in [6.45, 7) is 1.98. The van der Waals surface area contributed by atoms with Gasteiger partial charge in [0.15, 0.2) is 17.3 Å². The van der Waals surface area contributed by atoms with E-state index in [1.54, 1.807) is 13.0 Å². The number of ether oxygens (including phenoxy) is 2. The van der Waals surface area contributed by atoms with Gasteiger partial charge in [-0.25, -0.2) is 9.18 Å². The second-order valence-electron chi connectivity index (χ2n) is 4.13. The highest BCUT2D eigenvalue weighted by Gasteiger charge is 2.13. The molecule has 0 unspecified atom stereocenters. The average Bonchev–Trinajstić information content (AvgIpc) is 2.46. The molecule has 4 nitrogen and oxygen atoms in total. The van der Waals surface area contributed by atoms with Gasteiger partial charge in [-0.05, 0) is 37.3 Å². The van der Waals surface area contributed by atoms with Gasteiger partial charge in [0, 0.05) is 0 Å². The van der Waals surface area contributed by atoms with E-state index in [2.05, 4.69) is 0 Å². The monoisotopic (exact) mass is 309 g/mol. The average molecular weight is 310 g/mol. The van der Waals surface area contributed by atoms with Crippen molar-refractivity contribution in [2.75, 3.05) is 12.3 Å². The zero-order valence-corrected chi connectivity index (χ0v) is 12.0. The number of hydrogen-bond acceptors (Lipinski definition) is 4. The molecule has 2 aromatic carbocycles. The first-order valence-corrected chi connectivity index (χ1v) is 6.59. The number of carbonyl (C=O) groups is 1. The van der Waals surface area contributed by atoms with E-state index in [0.29, 0.717) is 5.56 Å². The van der Waals surface area contributed by atoms with Gasteiger partial charge in [0.2, 0.25) is 0 Å². The number of esters is 1. The molecule has 110 valence electrons. The SMILES string of the molecule is CCOC(=O)c1ccc(Oc2cccc(Cl)c2F)c(N)c1. The van der Waals surface area contributed by atoms with Crippen LogP contribution in [0.1, 0.15) is 17.3 Å². The van der Waals surface area contributed by atoms with E-state index >= 15 is 0 Å². The summed E-state index contributed by atoms with van der Waals surface area (Å²) in [5.41, 5.74) is 6.30. The van der Waals surface area contributed by atoms with E-state index in [0.717, 1.165) is 0 Å². The molecule has 6 heteroatoms. The second-order valence-corrected chi connectivity index (χ2v) is 4.53. The van der Waals surface area contributed by atoms with Crippen LogP contribution in [-0.4, -0.2) is 12.6 Å². The molecule has 2 rings (SSSR count). The Morgan fingerprint density at radius 3 is 2.71 bits per heavy atom. The minimum atomic E-state index is -0.673. The Morgan fingerprint density at radius 2 is 2.05 bits per heavy atom. The van der Waals surface area contributed by atoms with Crippen LogP contribution in [0, 0.1) is 5.82 Å². The van der Waals surface area contributed by atoms with Crippen molar-refractivity contribution in [2.45, 2.75) is 6.92 Å². The molecule has 0 heterocycles. The first-order chi connectivity index (χ1) is 10.0. The lowest BCUT2D eigenvalue weighted by Crippen LogP contribution is -2.05. The number of nitrogens with two attached hydrogens (primary N) is 1. The van der Waals surface area contributed by atoms with Crippen LogP contribution < -0.4 is 10.5 Å². The molecular formula is C15H13ClFNO3. The lowest BCUT2D eigenvalue weighted by Gasteiger charge is -2.11. The van der Waals surface area contributed by atoms with Gasteiger partial charge in [-0.15, -0.1) is 0 Å². The quantitative estimate of drug-likeness (QED) is 0.684. The summed E-state index contributed by atoms with van der Waals surface area (Å²) >= 11 is 5.67. The fourth-order valence-electron chi connectivity index (χ4n) is 1.66. The van der Waals surface area contributed by atoms with Gasteiger partial charge < -0.3 is 15.2 Å². The topological polar surface area (TPSA) is 61.5 Å². The Bertz CT molecular complexity index is 676. The molecule has 0 saturated carbocycles. The van der Waals surface area contributed by atoms with Gasteiger partial charge in [-0.1, -0.05) is 17.7 Å². The smallest absolute Gasteiger partial charge is 0.338 e. The maximum Gasteiger partial charge on any atom is 0.338 e. The molecule has 2 aromatic rings. The zero-order chi connectivity index (χ0) is 15.4. The number of anilines is 1. The summed E-state index contributed by atoms with van der Waals surface area (Å²) < 4.78 is 24.0. The third kappa shape index (κ3) is 3.44. The van der Waals surface area contributed by atoms with E-state index in [-0.39, 0.29) is 28.8 Å². The molecule has 0 fully saturated rings. The van der Waals surface area contributed by atoms with Crippen LogP contribution in [0.3, 0.4) is 0 Å². The van der Waals surface area contributed by atoms with E-state index in [9.17, 15) is 9.18 Å². The van der Waals surface area contributed by atoms with Gasteiger partial charge in [-0.2, -0.15) is 0 Å². The fraction of sp³-hybridized carbons (Fsp3) is 0.133. The molecule has 2 N–H and O–H groups in total. The van der Waals surface area contributed by atoms with Gasteiger partial charge in [0.25, 0.3) is 0 Å². The molecule has 0 aliphatic carbocycles. The number of benzene rings is 2. The summed E-state index contributed by atoms with van der Waals surface area (Å²) in [6.07, 6.45) is 0. The second kappa shape index (κ2) is 6.45. The Hall–Kier alpha value is -2.27. The number of rotatable bonds is 4. The number of carbonyl (C=O) groups excluding carboxylic acids is 1.